The lowest BCUT2D eigenvalue weighted by Crippen LogP contribution is -2.37. The molecule has 0 aliphatic heterocycles. The van der Waals surface area contributed by atoms with E-state index in [0.717, 1.165) is 5.56 Å². The third-order valence-electron chi connectivity index (χ3n) is 2.86. The van der Waals surface area contributed by atoms with Gasteiger partial charge in [-0.2, -0.15) is 0 Å². The molecule has 0 spiro atoms. The highest BCUT2D eigenvalue weighted by molar-refractivity contribution is 5.96. The van der Waals surface area contributed by atoms with E-state index >= 15 is 0 Å². The van der Waals surface area contributed by atoms with Crippen molar-refractivity contribution in [1.29, 1.82) is 0 Å². The number of aliphatic carboxylic acids is 1. The highest BCUT2D eigenvalue weighted by Gasteiger charge is 2.27. The summed E-state index contributed by atoms with van der Waals surface area (Å²) in [6.45, 7) is 3.24. The summed E-state index contributed by atoms with van der Waals surface area (Å²) in [7, 11) is 1.60. The van der Waals surface area contributed by atoms with E-state index in [4.69, 9.17) is 5.11 Å². The molecule has 1 heterocycles. The number of rotatable bonds is 4. The Kier molecular flexibility index (Phi) is 4.20. The first-order valence-electron chi connectivity index (χ1n) is 5.34. The summed E-state index contributed by atoms with van der Waals surface area (Å²) in [5.41, 5.74) is 0.924. The van der Waals surface area contributed by atoms with Gasteiger partial charge >= 0.3 is 5.97 Å². The van der Waals surface area contributed by atoms with Crippen LogP contribution in [-0.2, 0) is 9.59 Å². The molecule has 1 aromatic rings. The van der Waals surface area contributed by atoms with Crippen LogP contribution in [0.2, 0.25) is 0 Å². The molecule has 0 radical (unpaired) electrons. The Labute approximate surface area is 100 Å². The highest BCUT2D eigenvalue weighted by atomic mass is 16.4. The number of nitrogens with zero attached hydrogens (tertiary/aromatic N) is 2. The molecule has 0 aromatic carbocycles. The Bertz CT molecular complexity index is 405. The Balaban J connectivity index is 2.80. The van der Waals surface area contributed by atoms with Gasteiger partial charge in [-0.05, 0) is 31.5 Å². The van der Waals surface area contributed by atoms with Crippen LogP contribution in [0, 0.1) is 5.92 Å². The Morgan fingerprint density at radius 2 is 1.82 bits per heavy atom. The van der Waals surface area contributed by atoms with Crippen LogP contribution >= 0.6 is 0 Å². The predicted octanol–water partition coefficient (Wildman–Crippen LogP) is 1.32. The van der Waals surface area contributed by atoms with Crippen molar-refractivity contribution < 1.29 is 14.7 Å². The second-order valence-corrected chi connectivity index (χ2v) is 3.97. The van der Waals surface area contributed by atoms with Crippen LogP contribution < -0.4 is 0 Å². The summed E-state index contributed by atoms with van der Waals surface area (Å²) in [6, 6.07) is 3.44. The van der Waals surface area contributed by atoms with Gasteiger partial charge < -0.3 is 10.0 Å². The monoisotopic (exact) mass is 236 g/mol. The number of carboxylic acid groups (broad SMARTS) is 1. The number of carbonyl (C=O) groups excluding carboxylic acids is 1. The zero-order chi connectivity index (χ0) is 13.0. The SMILES string of the molecule is CC(C(=O)O)C(=O)N(C)C(C)c1ccncc1. The normalized spacial score (nSPS) is 13.8. The molecule has 2 unspecified atom stereocenters. The molecular formula is C12H16N2O3. The summed E-state index contributed by atoms with van der Waals surface area (Å²) in [6.07, 6.45) is 3.29. The predicted molar refractivity (Wildman–Crippen MR) is 62.2 cm³/mol. The lowest BCUT2D eigenvalue weighted by Gasteiger charge is -2.26. The van der Waals surface area contributed by atoms with Gasteiger partial charge in [-0.1, -0.05) is 0 Å². The smallest absolute Gasteiger partial charge is 0.315 e. The van der Waals surface area contributed by atoms with Gasteiger partial charge in [0.2, 0.25) is 5.91 Å². The van der Waals surface area contributed by atoms with E-state index in [0.29, 0.717) is 0 Å². The minimum atomic E-state index is -1.11. The number of carbonyl (C=O) groups is 2. The van der Waals surface area contributed by atoms with Crippen LogP contribution in [0.4, 0.5) is 0 Å². The molecule has 1 amide bonds. The molecule has 2 atom stereocenters. The standard InChI is InChI=1S/C12H16N2O3/c1-8(12(16)17)11(15)14(3)9(2)10-4-6-13-7-5-10/h4-9H,1-3H3,(H,16,17). The van der Waals surface area contributed by atoms with Crippen molar-refractivity contribution in [2.45, 2.75) is 19.9 Å². The van der Waals surface area contributed by atoms with Crippen LogP contribution in [0.15, 0.2) is 24.5 Å². The van der Waals surface area contributed by atoms with Gasteiger partial charge in [-0.25, -0.2) is 0 Å². The molecule has 0 saturated carbocycles. The van der Waals surface area contributed by atoms with Crippen molar-refractivity contribution in [3.8, 4) is 0 Å². The number of amides is 1. The van der Waals surface area contributed by atoms with Gasteiger partial charge in [0.15, 0.2) is 0 Å². The van der Waals surface area contributed by atoms with Crippen LogP contribution in [-0.4, -0.2) is 33.9 Å². The highest BCUT2D eigenvalue weighted by Crippen LogP contribution is 2.19. The van der Waals surface area contributed by atoms with Crippen LogP contribution in [0.25, 0.3) is 0 Å². The van der Waals surface area contributed by atoms with Crippen LogP contribution in [0.3, 0.4) is 0 Å². The van der Waals surface area contributed by atoms with Crippen LogP contribution in [0.1, 0.15) is 25.5 Å². The van der Waals surface area contributed by atoms with Gasteiger partial charge in [0.25, 0.3) is 0 Å². The summed E-state index contributed by atoms with van der Waals surface area (Å²) in [4.78, 5) is 27.9. The number of carboxylic acids is 1. The van der Waals surface area contributed by atoms with Crippen molar-refractivity contribution in [2.24, 2.45) is 5.92 Å². The maximum absolute atomic E-state index is 11.8. The van der Waals surface area contributed by atoms with Crippen molar-refractivity contribution >= 4 is 11.9 Å². The lowest BCUT2D eigenvalue weighted by atomic mass is 10.1. The summed E-state index contributed by atoms with van der Waals surface area (Å²) in [5.74, 6) is -2.53. The summed E-state index contributed by atoms with van der Waals surface area (Å²) < 4.78 is 0. The van der Waals surface area contributed by atoms with E-state index in [1.807, 2.05) is 6.92 Å². The first kappa shape index (κ1) is 13.2. The first-order valence-corrected chi connectivity index (χ1v) is 5.34. The fraction of sp³-hybridized carbons (Fsp3) is 0.417. The van der Waals surface area contributed by atoms with E-state index < -0.39 is 17.8 Å². The molecule has 92 valence electrons. The minimum absolute atomic E-state index is 0.174. The van der Waals surface area contributed by atoms with Crippen molar-refractivity contribution in [3.05, 3.63) is 30.1 Å². The van der Waals surface area contributed by atoms with Gasteiger partial charge in [0.05, 0.1) is 6.04 Å². The number of pyridine rings is 1. The number of aromatic nitrogens is 1. The minimum Gasteiger partial charge on any atom is -0.481 e. The molecule has 5 heteroatoms. The van der Waals surface area contributed by atoms with E-state index in [2.05, 4.69) is 4.98 Å². The maximum Gasteiger partial charge on any atom is 0.315 e. The molecule has 0 fully saturated rings. The van der Waals surface area contributed by atoms with E-state index in [9.17, 15) is 9.59 Å². The van der Waals surface area contributed by atoms with Crippen LogP contribution in [0.5, 0.6) is 0 Å². The van der Waals surface area contributed by atoms with Crippen molar-refractivity contribution in [3.63, 3.8) is 0 Å². The quantitative estimate of drug-likeness (QED) is 0.800. The van der Waals surface area contributed by atoms with E-state index in [1.54, 1.807) is 31.6 Å². The first-order chi connectivity index (χ1) is 7.95. The molecule has 17 heavy (non-hydrogen) atoms. The largest absolute Gasteiger partial charge is 0.481 e. The fourth-order valence-corrected chi connectivity index (χ4v) is 1.47. The summed E-state index contributed by atoms with van der Waals surface area (Å²) >= 11 is 0. The third-order valence-corrected chi connectivity index (χ3v) is 2.86. The molecule has 0 aliphatic rings. The zero-order valence-corrected chi connectivity index (χ0v) is 10.1. The molecule has 0 aliphatic carbocycles. The van der Waals surface area contributed by atoms with Gasteiger partial charge in [-0.15, -0.1) is 0 Å². The van der Waals surface area contributed by atoms with Crippen molar-refractivity contribution in [2.75, 3.05) is 7.05 Å². The molecule has 0 bridgehead atoms. The van der Waals surface area contributed by atoms with E-state index in [1.165, 1.54) is 11.8 Å². The van der Waals surface area contributed by atoms with Gasteiger partial charge in [-0.3, -0.25) is 14.6 Å². The molecule has 0 saturated heterocycles. The van der Waals surface area contributed by atoms with Gasteiger partial charge in [0.1, 0.15) is 5.92 Å². The average Bonchev–Trinajstić information content (AvgIpc) is 2.36. The molecular weight excluding hydrogens is 220 g/mol. The topological polar surface area (TPSA) is 70.5 Å². The number of hydrogen-bond acceptors (Lipinski definition) is 3. The maximum atomic E-state index is 11.8. The zero-order valence-electron chi connectivity index (χ0n) is 10.1. The summed E-state index contributed by atoms with van der Waals surface area (Å²) in [5, 5.41) is 8.80. The Morgan fingerprint density at radius 1 is 1.29 bits per heavy atom. The van der Waals surface area contributed by atoms with Crippen molar-refractivity contribution in [1.82, 2.24) is 9.88 Å². The second kappa shape index (κ2) is 5.43. The number of hydrogen-bond donors (Lipinski definition) is 1. The molecule has 5 nitrogen and oxygen atoms in total. The Hall–Kier alpha value is -1.91. The third kappa shape index (κ3) is 3.03. The fourth-order valence-electron chi connectivity index (χ4n) is 1.47. The lowest BCUT2D eigenvalue weighted by molar-refractivity contribution is -0.150. The Morgan fingerprint density at radius 3 is 2.29 bits per heavy atom. The molecule has 1 aromatic heterocycles. The second-order valence-electron chi connectivity index (χ2n) is 3.97. The molecule has 1 rings (SSSR count). The average molecular weight is 236 g/mol. The molecule has 1 N–H and O–H groups in total. The van der Waals surface area contributed by atoms with Gasteiger partial charge in [0, 0.05) is 19.4 Å². The van der Waals surface area contributed by atoms with E-state index in [-0.39, 0.29) is 6.04 Å².